The van der Waals surface area contributed by atoms with Crippen molar-refractivity contribution in [3.05, 3.63) is 36.9 Å². The van der Waals surface area contributed by atoms with Crippen LogP contribution < -0.4 is 22.7 Å². The molecule has 3 N–H and O–H groups in total. The second-order valence-corrected chi connectivity index (χ2v) is 6.44. The molecule has 2 heterocycles. The van der Waals surface area contributed by atoms with Crippen LogP contribution in [0.1, 0.15) is 30.1 Å². The molecule has 2 rings (SSSR count). The third-order valence-corrected chi connectivity index (χ3v) is 4.76. The van der Waals surface area contributed by atoms with Crippen LogP contribution in [0.4, 0.5) is 5.82 Å². The number of ketones is 1. The largest absolute Gasteiger partial charge is 0.384 e. The van der Waals surface area contributed by atoms with Crippen molar-refractivity contribution in [2.75, 3.05) is 11.5 Å². The molecule has 10 nitrogen and oxygen atoms in total. The molecule has 0 aliphatic carbocycles. The van der Waals surface area contributed by atoms with Crippen molar-refractivity contribution in [3.8, 4) is 0 Å². The van der Waals surface area contributed by atoms with Crippen molar-refractivity contribution in [1.29, 1.82) is 0 Å². The van der Waals surface area contributed by atoms with Crippen molar-refractivity contribution in [2.45, 2.75) is 31.5 Å². The number of Topliss-reactive ketones (excluding diaryl/α,β-unsaturated/α-hetero) is 1. The molecular formula is C14H20N6O4S. The molecule has 0 saturated carbocycles. The van der Waals surface area contributed by atoms with E-state index in [-0.39, 0.29) is 22.8 Å². The van der Waals surface area contributed by atoms with Crippen LogP contribution in [0.2, 0.25) is 0 Å². The van der Waals surface area contributed by atoms with Gasteiger partial charge >= 0.3 is 11.4 Å². The highest BCUT2D eigenvalue weighted by atomic mass is 32.2. The summed E-state index contributed by atoms with van der Waals surface area (Å²) in [5.74, 6) is -0.839. The highest BCUT2D eigenvalue weighted by Gasteiger charge is 2.21. The van der Waals surface area contributed by atoms with Gasteiger partial charge in [-0.2, -0.15) is 0 Å². The summed E-state index contributed by atoms with van der Waals surface area (Å²) in [7, 11) is 2.67. The van der Waals surface area contributed by atoms with E-state index in [1.807, 2.05) is 6.92 Å². The minimum absolute atomic E-state index is 0.131. The van der Waals surface area contributed by atoms with Crippen molar-refractivity contribution < 1.29 is 4.79 Å². The predicted molar refractivity (Wildman–Crippen MR) is 94.1 cm³/mol. The van der Waals surface area contributed by atoms with Gasteiger partial charge in [-0.05, 0) is 6.42 Å². The molecule has 0 amide bonds. The number of H-pyrrole nitrogens is 1. The Balaban J connectivity index is 2.27. The number of nitrogens with one attached hydrogen (secondary N) is 1. The number of carbonyl (C=O) groups excluding carboxylic acids is 1. The van der Waals surface area contributed by atoms with E-state index >= 15 is 0 Å². The Kier molecular flexibility index (Phi) is 5.67. The van der Waals surface area contributed by atoms with Crippen molar-refractivity contribution >= 4 is 23.4 Å². The van der Waals surface area contributed by atoms with Gasteiger partial charge in [-0.15, -0.1) is 5.10 Å². The Morgan fingerprint density at radius 3 is 2.56 bits per heavy atom. The van der Waals surface area contributed by atoms with Gasteiger partial charge in [0.05, 0.1) is 5.75 Å². The van der Waals surface area contributed by atoms with Crippen LogP contribution in [0.25, 0.3) is 0 Å². The van der Waals surface area contributed by atoms with Crippen molar-refractivity contribution in [2.24, 2.45) is 14.1 Å². The normalized spacial score (nSPS) is 11.0. The first-order chi connectivity index (χ1) is 11.8. The highest BCUT2D eigenvalue weighted by molar-refractivity contribution is 7.99. The number of hydrogen-bond acceptors (Lipinski definition) is 7. The van der Waals surface area contributed by atoms with E-state index in [2.05, 4.69) is 10.2 Å². The van der Waals surface area contributed by atoms with E-state index in [1.54, 1.807) is 0 Å². The van der Waals surface area contributed by atoms with Crippen LogP contribution in [0.15, 0.2) is 19.5 Å². The Morgan fingerprint density at radius 2 is 1.92 bits per heavy atom. The quantitative estimate of drug-likeness (QED) is 0.488. The van der Waals surface area contributed by atoms with Gasteiger partial charge < -0.3 is 5.73 Å². The van der Waals surface area contributed by atoms with Crippen LogP contribution in [0.3, 0.4) is 0 Å². The fourth-order valence-corrected chi connectivity index (χ4v) is 3.10. The second-order valence-electron chi connectivity index (χ2n) is 5.49. The molecule has 0 atom stereocenters. The summed E-state index contributed by atoms with van der Waals surface area (Å²) in [4.78, 5) is 48.2. The minimum atomic E-state index is -0.739. The fourth-order valence-electron chi connectivity index (χ4n) is 2.25. The highest BCUT2D eigenvalue weighted by Crippen LogP contribution is 2.16. The van der Waals surface area contributed by atoms with Gasteiger partial charge in [-0.25, -0.2) is 14.7 Å². The monoisotopic (exact) mass is 368 g/mol. The number of carbonyl (C=O) groups is 1. The number of unbranched alkanes of at least 4 members (excludes halogenated alkanes) is 1. The zero-order chi connectivity index (χ0) is 18.7. The Morgan fingerprint density at radius 1 is 1.24 bits per heavy atom. The molecule has 0 aromatic carbocycles. The van der Waals surface area contributed by atoms with Crippen LogP contribution in [0, 0.1) is 0 Å². The SMILES string of the molecule is CCCCn1c(SCC(=O)c2c(N)n(C)c(=O)n(C)c2=O)n[nH]c1=O. The Labute approximate surface area is 146 Å². The Bertz CT molecular complexity index is 967. The third-order valence-electron chi connectivity index (χ3n) is 3.78. The maximum absolute atomic E-state index is 12.5. The number of aromatic amines is 1. The molecule has 25 heavy (non-hydrogen) atoms. The molecule has 2 aromatic rings. The molecule has 0 fully saturated rings. The smallest absolute Gasteiger partial charge is 0.343 e. The average Bonchev–Trinajstić information content (AvgIpc) is 2.94. The standard InChI is InChI=1S/C14H20N6O4S/c1-4-5-6-20-12(23)16-17-13(20)25-7-8(21)9-10(15)18(2)14(24)19(3)11(9)22/h4-7,15H2,1-3H3,(H,16,23). The maximum atomic E-state index is 12.5. The minimum Gasteiger partial charge on any atom is -0.384 e. The number of hydrogen-bond donors (Lipinski definition) is 2. The van der Waals surface area contributed by atoms with E-state index in [0.29, 0.717) is 11.7 Å². The number of anilines is 1. The first kappa shape index (κ1) is 18.8. The summed E-state index contributed by atoms with van der Waals surface area (Å²) in [5.41, 5.74) is 3.83. The lowest BCUT2D eigenvalue weighted by atomic mass is 10.2. The summed E-state index contributed by atoms with van der Waals surface area (Å²) < 4.78 is 3.33. The molecule has 11 heteroatoms. The van der Waals surface area contributed by atoms with E-state index in [9.17, 15) is 19.2 Å². The van der Waals surface area contributed by atoms with Gasteiger partial charge in [0.2, 0.25) is 0 Å². The van der Waals surface area contributed by atoms with E-state index in [4.69, 9.17) is 5.73 Å². The third kappa shape index (κ3) is 3.60. The van der Waals surface area contributed by atoms with Crippen LogP contribution in [-0.2, 0) is 20.6 Å². The zero-order valence-corrected chi connectivity index (χ0v) is 15.1. The maximum Gasteiger partial charge on any atom is 0.343 e. The van der Waals surface area contributed by atoms with Crippen molar-refractivity contribution in [1.82, 2.24) is 23.9 Å². The number of nitrogens with two attached hydrogens (primary N) is 1. The molecule has 0 spiro atoms. The molecule has 0 unspecified atom stereocenters. The molecular weight excluding hydrogens is 348 g/mol. The summed E-state index contributed by atoms with van der Waals surface area (Å²) >= 11 is 1.03. The Hall–Kier alpha value is -2.56. The van der Waals surface area contributed by atoms with Gasteiger partial charge in [-0.3, -0.25) is 23.3 Å². The van der Waals surface area contributed by atoms with Gasteiger partial charge in [0.15, 0.2) is 10.9 Å². The van der Waals surface area contributed by atoms with E-state index < -0.39 is 17.0 Å². The first-order valence-electron chi connectivity index (χ1n) is 7.66. The second kappa shape index (κ2) is 7.55. The fraction of sp³-hybridized carbons (Fsp3) is 0.500. The average molecular weight is 368 g/mol. The summed E-state index contributed by atoms with van der Waals surface area (Å²) in [6.07, 6.45) is 1.71. The molecule has 0 aliphatic heterocycles. The molecule has 136 valence electrons. The lowest BCUT2D eigenvalue weighted by Gasteiger charge is -2.10. The van der Waals surface area contributed by atoms with Crippen LogP contribution >= 0.6 is 11.8 Å². The lowest BCUT2D eigenvalue weighted by Crippen LogP contribution is -2.41. The van der Waals surface area contributed by atoms with Gasteiger partial charge in [-0.1, -0.05) is 25.1 Å². The molecule has 0 saturated heterocycles. The summed E-state index contributed by atoms with van der Waals surface area (Å²) in [6, 6.07) is 0. The van der Waals surface area contributed by atoms with Crippen LogP contribution in [0.5, 0.6) is 0 Å². The molecule has 0 radical (unpaired) electrons. The summed E-state index contributed by atoms with van der Waals surface area (Å²) in [5, 5.41) is 6.61. The first-order valence-corrected chi connectivity index (χ1v) is 8.64. The number of nitrogens with zero attached hydrogens (tertiary/aromatic N) is 4. The van der Waals surface area contributed by atoms with Gasteiger partial charge in [0.25, 0.3) is 5.56 Å². The number of thioether (sulfide) groups is 1. The molecule has 0 aliphatic rings. The predicted octanol–water partition coefficient (Wildman–Crippen LogP) is -0.674. The van der Waals surface area contributed by atoms with Crippen molar-refractivity contribution in [3.63, 3.8) is 0 Å². The lowest BCUT2D eigenvalue weighted by molar-refractivity contribution is 0.102. The number of aromatic nitrogens is 5. The van der Waals surface area contributed by atoms with Crippen LogP contribution in [-0.4, -0.2) is 35.4 Å². The molecule has 0 bridgehead atoms. The number of rotatable bonds is 7. The number of nitrogen functional groups attached to an aromatic ring is 1. The van der Waals surface area contributed by atoms with E-state index in [0.717, 1.165) is 33.7 Å². The zero-order valence-electron chi connectivity index (χ0n) is 14.2. The summed E-state index contributed by atoms with van der Waals surface area (Å²) in [6.45, 7) is 2.49. The van der Waals surface area contributed by atoms with Gasteiger partial charge in [0, 0.05) is 20.6 Å². The van der Waals surface area contributed by atoms with E-state index in [1.165, 1.54) is 18.7 Å². The topological polar surface area (TPSA) is 138 Å². The molecule has 2 aromatic heterocycles. The van der Waals surface area contributed by atoms with Gasteiger partial charge in [0.1, 0.15) is 11.4 Å².